The third kappa shape index (κ3) is 3.55. The largest absolute Gasteiger partial charge is 0.373 e. The van der Waals surface area contributed by atoms with E-state index in [-0.39, 0.29) is 0 Å². The summed E-state index contributed by atoms with van der Waals surface area (Å²) in [6.45, 7) is 1.16. The number of aromatic nitrogens is 1. The van der Waals surface area contributed by atoms with Crippen molar-refractivity contribution in [1.29, 1.82) is 0 Å². The molecule has 1 aromatic carbocycles. The first-order chi connectivity index (χ1) is 8.79. The minimum Gasteiger partial charge on any atom is -0.373 e. The Bertz CT molecular complexity index is 499. The fourth-order valence-electron chi connectivity index (χ4n) is 1.55. The first-order valence-corrected chi connectivity index (χ1v) is 6.52. The number of benzene rings is 1. The molecule has 0 amide bonds. The topological polar surface area (TPSA) is 34.1 Å². The molecule has 0 unspecified atom stereocenters. The van der Waals surface area contributed by atoms with Crippen LogP contribution in [0.2, 0.25) is 0 Å². The highest BCUT2D eigenvalue weighted by Crippen LogP contribution is 2.17. The fraction of sp³-hybridized carbons (Fsp3) is 0.214. The number of nitrogens with one attached hydrogen (secondary N) is 1. The summed E-state index contributed by atoms with van der Waals surface area (Å²) in [5, 5.41) is 2.99. The Hall–Kier alpha value is -1.39. The predicted molar refractivity (Wildman–Crippen MR) is 76.4 cm³/mol. The van der Waals surface area contributed by atoms with Crippen molar-refractivity contribution < 1.29 is 4.74 Å². The summed E-state index contributed by atoms with van der Waals surface area (Å²) in [7, 11) is 1.85. The van der Waals surface area contributed by atoms with Crippen molar-refractivity contribution >= 4 is 21.7 Å². The van der Waals surface area contributed by atoms with Crippen molar-refractivity contribution in [1.82, 2.24) is 4.98 Å². The van der Waals surface area contributed by atoms with Gasteiger partial charge in [0.1, 0.15) is 5.82 Å². The lowest BCUT2D eigenvalue weighted by Crippen LogP contribution is -1.97. The van der Waals surface area contributed by atoms with Gasteiger partial charge in [-0.15, -0.1) is 0 Å². The van der Waals surface area contributed by atoms with E-state index in [4.69, 9.17) is 4.74 Å². The van der Waals surface area contributed by atoms with Crippen LogP contribution in [0.5, 0.6) is 0 Å². The van der Waals surface area contributed by atoms with Gasteiger partial charge in [-0.1, -0.05) is 40.2 Å². The van der Waals surface area contributed by atoms with E-state index in [0.717, 1.165) is 21.4 Å². The molecule has 2 aromatic rings. The van der Waals surface area contributed by atoms with Gasteiger partial charge < -0.3 is 10.1 Å². The van der Waals surface area contributed by atoms with Gasteiger partial charge in [-0.05, 0) is 23.3 Å². The van der Waals surface area contributed by atoms with E-state index >= 15 is 0 Å². The first-order valence-electron chi connectivity index (χ1n) is 5.73. The number of hydrogen-bond donors (Lipinski definition) is 1. The highest BCUT2D eigenvalue weighted by Gasteiger charge is 1.99. The molecule has 1 N–H and O–H groups in total. The highest BCUT2D eigenvalue weighted by molar-refractivity contribution is 9.10. The molecular weight excluding hydrogens is 292 g/mol. The molecule has 4 heteroatoms. The summed E-state index contributed by atoms with van der Waals surface area (Å²) < 4.78 is 6.75. The Morgan fingerprint density at radius 2 is 2.00 bits per heavy atom. The summed E-state index contributed by atoms with van der Waals surface area (Å²) in [6.07, 6.45) is 1.83. The van der Waals surface area contributed by atoms with Crippen molar-refractivity contribution in [2.45, 2.75) is 13.2 Å². The van der Waals surface area contributed by atoms with Gasteiger partial charge in [0.15, 0.2) is 0 Å². The minimum absolute atomic E-state index is 0.568. The molecule has 0 spiro atoms. The highest BCUT2D eigenvalue weighted by atomic mass is 79.9. The number of anilines is 1. The Morgan fingerprint density at radius 3 is 2.67 bits per heavy atom. The Morgan fingerprint density at radius 1 is 1.17 bits per heavy atom. The molecule has 0 bridgehead atoms. The SMILES string of the molecule is CNc1ccc(COCc2ccccc2Br)cn1. The van der Waals surface area contributed by atoms with Gasteiger partial charge in [-0.2, -0.15) is 0 Å². The van der Waals surface area contributed by atoms with Gasteiger partial charge >= 0.3 is 0 Å². The number of rotatable bonds is 5. The van der Waals surface area contributed by atoms with E-state index in [1.807, 2.05) is 49.6 Å². The van der Waals surface area contributed by atoms with Crippen molar-refractivity contribution in [2.75, 3.05) is 12.4 Å². The number of hydrogen-bond acceptors (Lipinski definition) is 3. The predicted octanol–water partition coefficient (Wildman–Crippen LogP) is 3.60. The molecule has 2 rings (SSSR count). The van der Waals surface area contributed by atoms with Crippen LogP contribution in [0.1, 0.15) is 11.1 Å². The zero-order valence-corrected chi connectivity index (χ0v) is 11.8. The second kappa shape index (κ2) is 6.52. The van der Waals surface area contributed by atoms with Crippen LogP contribution in [0.15, 0.2) is 47.1 Å². The maximum absolute atomic E-state index is 5.67. The molecule has 0 aliphatic heterocycles. The number of pyridine rings is 1. The second-order valence-electron chi connectivity index (χ2n) is 3.89. The van der Waals surface area contributed by atoms with Gasteiger partial charge in [0.2, 0.25) is 0 Å². The molecule has 0 fully saturated rings. The molecule has 1 heterocycles. The second-order valence-corrected chi connectivity index (χ2v) is 4.74. The molecular formula is C14H15BrN2O. The molecule has 0 radical (unpaired) electrons. The van der Waals surface area contributed by atoms with Crippen LogP contribution >= 0.6 is 15.9 Å². The molecule has 0 aliphatic carbocycles. The monoisotopic (exact) mass is 306 g/mol. The Balaban J connectivity index is 1.86. The first kappa shape index (κ1) is 13.1. The Kier molecular flexibility index (Phi) is 4.73. The van der Waals surface area contributed by atoms with Crippen molar-refractivity contribution in [2.24, 2.45) is 0 Å². The number of halogens is 1. The van der Waals surface area contributed by atoms with E-state index < -0.39 is 0 Å². The molecule has 18 heavy (non-hydrogen) atoms. The maximum atomic E-state index is 5.67. The van der Waals surface area contributed by atoms with E-state index in [2.05, 4.69) is 26.2 Å². The zero-order chi connectivity index (χ0) is 12.8. The van der Waals surface area contributed by atoms with E-state index in [9.17, 15) is 0 Å². The lowest BCUT2D eigenvalue weighted by molar-refractivity contribution is 0.106. The summed E-state index contributed by atoms with van der Waals surface area (Å²) in [5.41, 5.74) is 2.22. The standard InChI is InChI=1S/C14H15BrN2O/c1-16-14-7-6-11(8-17-14)9-18-10-12-4-2-3-5-13(12)15/h2-8H,9-10H2,1H3,(H,16,17). The average molecular weight is 307 g/mol. The lowest BCUT2D eigenvalue weighted by atomic mass is 10.2. The van der Waals surface area contributed by atoms with Crippen LogP contribution in [0, 0.1) is 0 Å². The van der Waals surface area contributed by atoms with Crippen molar-refractivity contribution in [3.05, 3.63) is 58.2 Å². The number of ether oxygens (including phenoxy) is 1. The van der Waals surface area contributed by atoms with Crippen LogP contribution in [0.3, 0.4) is 0 Å². The Labute approximate surface area is 115 Å². The third-order valence-electron chi connectivity index (χ3n) is 2.57. The van der Waals surface area contributed by atoms with Crippen molar-refractivity contribution in [3.8, 4) is 0 Å². The van der Waals surface area contributed by atoms with Crippen molar-refractivity contribution in [3.63, 3.8) is 0 Å². The smallest absolute Gasteiger partial charge is 0.125 e. The molecule has 1 aromatic heterocycles. The van der Waals surface area contributed by atoms with Gasteiger partial charge in [0.05, 0.1) is 13.2 Å². The summed E-state index contributed by atoms with van der Waals surface area (Å²) in [6, 6.07) is 12.0. The van der Waals surface area contributed by atoms with E-state index in [0.29, 0.717) is 13.2 Å². The van der Waals surface area contributed by atoms with Crippen LogP contribution < -0.4 is 5.32 Å². The van der Waals surface area contributed by atoms with Gasteiger partial charge in [0.25, 0.3) is 0 Å². The van der Waals surface area contributed by atoms with E-state index in [1.54, 1.807) is 0 Å². The summed E-state index contributed by atoms with van der Waals surface area (Å²) in [5.74, 6) is 0.865. The summed E-state index contributed by atoms with van der Waals surface area (Å²) in [4.78, 5) is 4.24. The molecule has 94 valence electrons. The van der Waals surface area contributed by atoms with Crippen LogP contribution in [-0.2, 0) is 18.0 Å². The zero-order valence-electron chi connectivity index (χ0n) is 10.2. The van der Waals surface area contributed by atoms with Crippen LogP contribution in [-0.4, -0.2) is 12.0 Å². The average Bonchev–Trinajstić information content (AvgIpc) is 2.42. The minimum atomic E-state index is 0.568. The van der Waals surface area contributed by atoms with Crippen LogP contribution in [0.4, 0.5) is 5.82 Å². The third-order valence-corrected chi connectivity index (χ3v) is 3.34. The molecule has 0 saturated heterocycles. The molecule has 0 atom stereocenters. The van der Waals surface area contributed by atoms with Gasteiger partial charge in [-0.3, -0.25) is 0 Å². The normalized spacial score (nSPS) is 10.3. The fourth-order valence-corrected chi connectivity index (χ4v) is 1.95. The van der Waals surface area contributed by atoms with Crippen LogP contribution in [0.25, 0.3) is 0 Å². The molecule has 0 aliphatic rings. The molecule has 3 nitrogen and oxygen atoms in total. The maximum Gasteiger partial charge on any atom is 0.125 e. The quantitative estimate of drug-likeness (QED) is 0.916. The van der Waals surface area contributed by atoms with E-state index in [1.165, 1.54) is 0 Å². The number of nitrogens with zero attached hydrogens (tertiary/aromatic N) is 1. The summed E-state index contributed by atoms with van der Waals surface area (Å²) >= 11 is 3.50. The lowest BCUT2D eigenvalue weighted by Gasteiger charge is -2.06. The van der Waals surface area contributed by atoms with Gasteiger partial charge in [-0.25, -0.2) is 4.98 Å². The molecule has 0 saturated carbocycles. The van der Waals surface area contributed by atoms with Gasteiger partial charge in [0, 0.05) is 17.7 Å².